The van der Waals surface area contributed by atoms with Gasteiger partial charge in [-0.25, -0.2) is 8.78 Å². The van der Waals surface area contributed by atoms with Crippen molar-refractivity contribution in [3.63, 3.8) is 0 Å². The summed E-state index contributed by atoms with van der Waals surface area (Å²) in [6, 6.07) is 4.16. The Hall–Kier alpha value is -1.49. The largest absolute Gasteiger partial charge is 0.481 e. The Morgan fingerprint density at radius 1 is 0.788 bits per heavy atom. The van der Waals surface area contributed by atoms with E-state index in [1.165, 1.54) is 76.3 Å². The number of rotatable bonds is 8. The maximum Gasteiger partial charge on any atom is 0.303 e. The molecule has 0 heterocycles. The van der Waals surface area contributed by atoms with E-state index in [0.717, 1.165) is 32.0 Å². The van der Waals surface area contributed by atoms with Gasteiger partial charge < -0.3 is 5.11 Å². The van der Waals surface area contributed by atoms with E-state index in [-0.39, 0.29) is 24.3 Å². The summed E-state index contributed by atoms with van der Waals surface area (Å²) in [6.07, 6.45) is 15.7. The number of nitrogens with zero attached hydrogens (tertiary/aromatic N) is 1. The van der Waals surface area contributed by atoms with Crippen molar-refractivity contribution in [2.24, 2.45) is 17.8 Å². The first kappa shape index (κ1) is 24.6. The summed E-state index contributed by atoms with van der Waals surface area (Å²) in [7, 11) is 0. The molecule has 3 fully saturated rings. The topological polar surface area (TPSA) is 40.5 Å². The van der Waals surface area contributed by atoms with E-state index in [0.29, 0.717) is 23.8 Å². The number of aliphatic carboxylic acids is 1. The molecule has 0 aliphatic heterocycles. The number of halogens is 2. The highest BCUT2D eigenvalue weighted by molar-refractivity contribution is 5.67. The Morgan fingerprint density at radius 2 is 1.33 bits per heavy atom. The molecule has 1 aromatic carbocycles. The fourth-order valence-electron chi connectivity index (χ4n) is 7.01. The van der Waals surface area contributed by atoms with Crippen LogP contribution in [0.15, 0.2) is 18.2 Å². The molecule has 3 aliphatic carbocycles. The van der Waals surface area contributed by atoms with Crippen molar-refractivity contribution in [3.8, 4) is 0 Å². The van der Waals surface area contributed by atoms with Crippen LogP contribution in [0, 0.1) is 29.4 Å². The zero-order valence-corrected chi connectivity index (χ0v) is 20.0. The Morgan fingerprint density at radius 3 is 1.85 bits per heavy atom. The van der Waals surface area contributed by atoms with Crippen molar-refractivity contribution in [2.45, 2.75) is 102 Å². The molecule has 33 heavy (non-hydrogen) atoms. The number of hydrogen-bond donors (Lipinski definition) is 1. The normalized spacial score (nSPS) is 27.7. The second-order valence-electron chi connectivity index (χ2n) is 11.1. The van der Waals surface area contributed by atoms with Gasteiger partial charge in [-0.1, -0.05) is 38.5 Å². The van der Waals surface area contributed by atoms with Gasteiger partial charge in [0, 0.05) is 31.6 Å². The van der Waals surface area contributed by atoms with E-state index in [4.69, 9.17) is 0 Å². The van der Waals surface area contributed by atoms with E-state index in [9.17, 15) is 18.7 Å². The highest BCUT2D eigenvalue weighted by Crippen LogP contribution is 2.42. The number of benzene rings is 1. The van der Waals surface area contributed by atoms with Gasteiger partial charge in [-0.05, 0) is 86.3 Å². The molecule has 1 aromatic rings. The van der Waals surface area contributed by atoms with Crippen LogP contribution in [0.5, 0.6) is 0 Å². The molecular weight excluding hydrogens is 420 g/mol. The predicted molar refractivity (Wildman–Crippen MR) is 127 cm³/mol. The van der Waals surface area contributed by atoms with Gasteiger partial charge in [0.25, 0.3) is 0 Å². The van der Waals surface area contributed by atoms with Crippen LogP contribution in [-0.4, -0.2) is 35.1 Å². The molecule has 3 unspecified atom stereocenters. The maximum atomic E-state index is 14.2. The standard InChI is InChI=1S/C28H41F2NO2/c29-24-15-23(16-25(30)17-24)26-13-22(14-28(32)33)11-12-27(26)31(18-20-7-3-1-4-8-20)19-21-9-5-2-6-10-21/h15-17,20-22,26-27H,1-14,18-19H2,(H,32,33). The molecule has 1 N–H and O–H groups in total. The molecule has 0 radical (unpaired) electrons. The van der Waals surface area contributed by atoms with Crippen molar-refractivity contribution >= 4 is 5.97 Å². The Labute approximate surface area is 197 Å². The monoisotopic (exact) mass is 461 g/mol. The molecule has 0 bridgehead atoms. The van der Waals surface area contributed by atoms with Crippen molar-refractivity contribution in [1.29, 1.82) is 0 Å². The summed E-state index contributed by atoms with van der Waals surface area (Å²) in [6.45, 7) is 2.16. The van der Waals surface area contributed by atoms with Crippen LogP contribution >= 0.6 is 0 Å². The van der Waals surface area contributed by atoms with Crippen LogP contribution in [0.4, 0.5) is 8.78 Å². The quantitative estimate of drug-likeness (QED) is 0.447. The van der Waals surface area contributed by atoms with Crippen LogP contribution in [-0.2, 0) is 4.79 Å². The number of carbonyl (C=O) groups is 1. The average Bonchev–Trinajstić information content (AvgIpc) is 2.79. The van der Waals surface area contributed by atoms with Crippen LogP contribution in [0.1, 0.15) is 101 Å². The summed E-state index contributed by atoms with van der Waals surface area (Å²) >= 11 is 0. The molecule has 0 amide bonds. The van der Waals surface area contributed by atoms with E-state index in [1.807, 2.05) is 0 Å². The smallest absolute Gasteiger partial charge is 0.303 e. The van der Waals surface area contributed by atoms with E-state index in [1.54, 1.807) is 0 Å². The van der Waals surface area contributed by atoms with Gasteiger partial charge in [-0.15, -0.1) is 0 Å². The lowest BCUT2D eigenvalue weighted by Crippen LogP contribution is -2.47. The summed E-state index contributed by atoms with van der Waals surface area (Å²) in [5.74, 6) is -0.357. The van der Waals surface area contributed by atoms with E-state index >= 15 is 0 Å². The highest BCUT2D eigenvalue weighted by atomic mass is 19.1. The molecule has 0 spiro atoms. The van der Waals surface area contributed by atoms with Crippen molar-refractivity contribution < 1.29 is 18.7 Å². The van der Waals surface area contributed by atoms with Crippen molar-refractivity contribution in [1.82, 2.24) is 4.90 Å². The number of carboxylic acids is 1. The van der Waals surface area contributed by atoms with E-state index < -0.39 is 17.6 Å². The van der Waals surface area contributed by atoms with Crippen LogP contribution < -0.4 is 0 Å². The minimum absolute atomic E-state index is 0.0134. The molecule has 0 aromatic heterocycles. The van der Waals surface area contributed by atoms with Gasteiger partial charge in [-0.3, -0.25) is 9.69 Å². The molecule has 184 valence electrons. The Bertz CT molecular complexity index is 733. The maximum absolute atomic E-state index is 14.2. The molecule has 3 saturated carbocycles. The first-order valence-electron chi connectivity index (χ1n) is 13.4. The van der Waals surface area contributed by atoms with E-state index in [2.05, 4.69) is 4.90 Å². The molecule has 4 rings (SSSR count). The zero-order chi connectivity index (χ0) is 23.2. The first-order chi connectivity index (χ1) is 16.0. The molecule has 3 atom stereocenters. The Kier molecular flexibility index (Phi) is 8.78. The van der Waals surface area contributed by atoms with Gasteiger partial charge >= 0.3 is 5.97 Å². The van der Waals surface area contributed by atoms with Crippen molar-refractivity contribution in [2.75, 3.05) is 13.1 Å². The third-order valence-corrected chi connectivity index (χ3v) is 8.60. The minimum atomic E-state index is -0.774. The Balaban J connectivity index is 1.59. The third-order valence-electron chi connectivity index (χ3n) is 8.60. The van der Waals surface area contributed by atoms with Gasteiger partial charge in [-0.2, -0.15) is 0 Å². The lowest BCUT2D eigenvalue weighted by Gasteiger charge is -2.45. The summed E-state index contributed by atoms with van der Waals surface area (Å²) in [5.41, 5.74) is 0.713. The molecular formula is C28H41F2NO2. The summed E-state index contributed by atoms with van der Waals surface area (Å²) < 4.78 is 28.4. The van der Waals surface area contributed by atoms with Crippen LogP contribution in [0.25, 0.3) is 0 Å². The van der Waals surface area contributed by atoms with Gasteiger partial charge in [0.05, 0.1) is 0 Å². The van der Waals surface area contributed by atoms with Crippen molar-refractivity contribution in [3.05, 3.63) is 35.4 Å². The second-order valence-corrected chi connectivity index (χ2v) is 11.1. The molecule has 5 heteroatoms. The predicted octanol–water partition coefficient (Wildman–Crippen LogP) is 7.15. The molecule has 3 nitrogen and oxygen atoms in total. The van der Waals surface area contributed by atoms with Crippen LogP contribution in [0.3, 0.4) is 0 Å². The fourth-order valence-corrected chi connectivity index (χ4v) is 7.01. The minimum Gasteiger partial charge on any atom is -0.481 e. The lowest BCUT2D eigenvalue weighted by atomic mass is 9.72. The SMILES string of the molecule is O=C(O)CC1CCC(N(CC2CCCCC2)CC2CCCCC2)C(c2cc(F)cc(F)c2)C1. The number of carboxylic acid groups (broad SMARTS) is 1. The average molecular weight is 462 g/mol. The highest BCUT2D eigenvalue weighted by Gasteiger charge is 2.38. The van der Waals surface area contributed by atoms with Gasteiger partial charge in [0.2, 0.25) is 0 Å². The summed E-state index contributed by atoms with van der Waals surface area (Å²) in [4.78, 5) is 14.1. The number of hydrogen-bond acceptors (Lipinski definition) is 2. The lowest BCUT2D eigenvalue weighted by molar-refractivity contribution is -0.138. The zero-order valence-electron chi connectivity index (χ0n) is 20.0. The summed E-state index contributed by atoms with van der Waals surface area (Å²) in [5, 5.41) is 9.39. The fraction of sp³-hybridized carbons (Fsp3) is 0.750. The third kappa shape index (κ3) is 7.00. The molecule has 0 saturated heterocycles. The second kappa shape index (κ2) is 11.8. The first-order valence-corrected chi connectivity index (χ1v) is 13.4. The van der Waals surface area contributed by atoms with Gasteiger partial charge in [0.1, 0.15) is 11.6 Å². The molecule has 3 aliphatic rings. The van der Waals surface area contributed by atoms with Gasteiger partial charge in [0.15, 0.2) is 0 Å². The van der Waals surface area contributed by atoms with Crippen LogP contribution in [0.2, 0.25) is 0 Å².